The van der Waals surface area contributed by atoms with E-state index < -0.39 is 0 Å². The van der Waals surface area contributed by atoms with Crippen molar-refractivity contribution >= 4 is 39.7 Å². The van der Waals surface area contributed by atoms with E-state index in [-0.39, 0.29) is 6.04 Å². The second-order valence-electron chi connectivity index (χ2n) is 3.85. The zero-order valence-corrected chi connectivity index (χ0v) is 12.5. The van der Waals surface area contributed by atoms with E-state index in [1.165, 1.54) is 9.75 Å². The quantitative estimate of drug-likeness (QED) is 0.847. The lowest BCUT2D eigenvalue weighted by Gasteiger charge is -2.11. The van der Waals surface area contributed by atoms with E-state index in [1.54, 1.807) is 11.3 Å². The molecule has 0 fully saturated rings. The van der Waals surface area contributed by atoms with Gasteiger partial charge in [-0.3, -0.25) is 0 Å². The fraction of sp³-hybridized carbons (Fsp3) is 0.364. The number of rotatable bonds is 2. The SMILES string of the molecule is Cc1ccc(C(C)n2nc(C)c(I)c2N)s1. The third-order valence-corrected chi connectivity index (χ3v) is 5.09. The number of hydrogen-bond acceptors (Lipinski definition) is 3. The fourth-order valence-electron chi connectivity index (χ4n) is 1.64. The van der Waals surface area contributed by atoms with E-state index in [1.807, 2.05) is 11.6 Å². The molecule has 1 unspecified atom stereocenters. The molecule has 2 aromatic rings. The van der Waals surface area contributed by atoms with Gasteiger partial charge in [-0.1, -0.05) is 0 Å². The Morgan fingerprint density at radius 3 is 2.56 bits per heavy atom. The summed E-state index contributed by atoms with van der Waals surface area (Å²) >= 11 is 4.04. The van der Waals surface area contributed by atoms with Crippen LogP contribution in [-0.4, -0.2) is 9.78 Å². The molecular formula is C11H14IN3S. The first-order valence-electron chi connectivity index (χ1n) is 5.07. The van der Waals surface area contributed by atoms with Crippen LogP contribution in [0.3, 0.4) is 0 Å². The maximum absolute atomic E-state index is 6.05. The van der Waals surface area contributed by atoms with E-state index in [0.717, 1.165) is 15.1 Å². The second-order valence-corrected chi connectivity index (χ2v) is 6.25. The molecule has 5 heteroatoms. The van der Waals surface area contributed by atoms with Gasteiger partial charge in [-0.15, -0.1) is 11.3 Å². The number of hydrogen-bond donors (Lipinski definition) is 1. The van der Waals surface area contributed by atoms with Crippen LogP contribution in [-0.2, 0) is 0 Å². The molecule has 2 aromatic heterocycles. The highest BCUT2D eigenvalue weighted by Gasteiger charge is 2.17. The van der Waals surface area contributed by atoms with Gasteiger partial charge in [0.1, 0.15) is 5.82 Å². The molecule has 2 N–H and O–H groups in total. The average molecular weight is 347 g/mol. The van der Waals surface area contributed by atoms with Crippen LogP contribution >= 0.6 is 33.9 Å². The first-order valence-corrected chi connectivity index (χ1v) is 6.96. The van der Waals surface area contributed by atoms with Gasteiger partial charge in [0.2, 0.25) is 0 Å². The monoisotopic (exact) mass is 347 g/mol. The maximum Gasteiger partial charge on any atom is 0.136 e. The van der Waals surface area contributed by atoms with Crippen LogP contribution in [0.15, 0.2) is 12.1 Å². The molecule has 2 rings (SSSR count). The summed E-state index contributed by atoms with van der Waals surface area (Å²) in [5.74, 6) is 0.761. The highest BCUT2D eigenvalue weighted by Crippen LogP contribution is 2.29. The average Bonchev–Trinajstić information content (AvgIpc) is 2.78. The van der Waals surface area contributed by atoms with Gasteiger partial charge in [-0.25, -0.2) is 4.68 Å². The fourth-order valence-corrected chi connectivity index (χ4v) is 2.91. The van der Waals surface area contributed by atoms with Gasteiger partial charge >= 0.3 is 0 Å². The van der Waals surface area contributed by atoms with Crippen LogP contribution < -0.4 is 5.73 Å². The molecule has 1 atom stereocenters. The van der Waals surface area contributed by atoms with Crippen LogP contribution in [0.2, 0.25) is 0 Å². The Labute approximate surface area is 113 Å². The van der Waals surface area contributed by atoms with Crippen molar-refractivity contribution in [3.8, 4) is 0 Å². The van der Waals surface area contributed by atoms with Crippen LogP contribution in [0, 0.1) is 17.4 Å². The predicted octanol–water partition coefficient (Wildman–Crippen LogP) is 3.36. The van der Waals surface area contributed by atoms with Gasteiger partial charge < -0.3 is 5.73 Å². The van der Waals surface area contributed by atoms with Crippen molar-refractivity contribution in [1.29, 1.82) is 0 Å². The molecule has 0 aliphatic rings. The van der Waals surface area contributed by atoms with Gasteiger partial charge in [0.15, 0.2) is 0 Å². The zero-order chi connectivity index (χ0) is 11.9. The Morgan fingerprint density at radius 2 is 2.12 bits per heavy atom. The third kappa shape index (κ3) is 1.98. The summed E-state index contributed by atoms with van der Waals surface area (Å²) < 4.78 is 2.96. The number of nitrogens with two attached hydrogens (primary N) is 1. The Bertz CT molecular complexity index is 515. The van der Waals surface area contributed by atoms with E-state index in [2.05, 4.69) is 53.7 Å². The standard InChI is InChI=1S/C11H14IN3S/c1-6-4-5-9(16-6)8(3)15-11(13)10(12)7(2)14-15/h4-5,8H,13H2,1-3H3. The largest absolute Gasteiger partial charge is 0.383 e. The van der Waals surface area contributed by atoms with E-state index >= 15 is 0 Å². The molecule has 0 aliphatic heterocycles. The molecule has 0 saturated carbocycles. The number of nitrogen functional groups attached to an aromatic ring is 1. The Morgan fingerprint density at radius 1 is 1.44 bits per heavy atom. The zero-order valence-electron chi connectivity index (χ0n) is 9.49. The highest BCUT2D eigenvalue weighted by atomic mass is 127. The van der Waals surface area contributed by atoms with Gasteiger partial charge in [-0.2, -0.15) is 5.10 Å². The van der Waals surface area contributed by atoms with Crippen molar-refractivity contribution in [2.24, 2.45) is 0 Å². The minimum atomic E-state index is 0.209. The molecule has 0 bridgehead atoms. The molecule has 16 heavy (non-hydrogen) atoms. The van der Waals surface area contributed by atoms with Crippen molar-refractivity contribution in [3.05, 3.63) is 31.2 Å². The summed E-state index contributed by atoms with van der Waals surface area (Å²) in [4.78, 5) is 2.61. The molecule has 0 saturated heterocycles. The van der Waals surface area contributed by atoms with Gasteiger partial charge in [0.05, 0.1) is 15.3 Å². The van der Waals surface area contributed by atoms with Gasteiger partial charge in [0.25, 0.3) is 0 Å². The number of anilines is 1. The predicted molar refractivity (Wildman–Crippen MR) is 77.0 cm³/mol. The van der Waals surface area contributed by atoms with E-state index in [9.17, 15) is 0 Å². The van der Waals surface area contributed by atoms with Gasteiger partial charge in [-0.05, 0) is 55.5 Å². The summed E-state index contributed by atoms with van der Waals surface area (Å²) in [5.41, 5.74) is 7.04. The molecule has 0 radical (unpaired) electrons. The first-order chi connectivity index (χ1) is 7.50. The van der Waals surface area contributed by atoms with Crippen molar-refractivity contribution in [1.82, 2.24) is 9.78 Å². The van der Waals surface area contributed by atoms with Crippen LogP contribution in [0.1, 0.15) is 28.4 Å². The smallest absolute Gasteiger partial charge is 0.136 e. The number of aryl methyl sites for hydroxylation is 2. The molecule has 86 valence electrons. The number of aromatic nitrogens is 2. The summed E-state index contributed by atoms with van der Waals surface area (Å²) in [7, 11) is 0. The summed E-state index contributed by atoms with van der Waals surface area (Å²) in [5, 5.41) is 4.49. The second kappa shape index (κ2) is 4.37. The first kappa shape index (κ1) is 11.9. The number of thiophene rings is 1. The lowest BCUT2D eigenvalue weighted by Crippen LogP contribution is -2.10. The minimum absolute atomic E-state index is 0.209. The van der Waals surface area contributed by atoms with Crippen LogP contribution in [0.5, 0.6) is 0 Å². The third-order valence-electron chi connectivity index (χ3n) is 2.59. The molecule has 0 amide bonds. The molecule has 0 aromatic carbocycles. The van der Waals surface area contributed by atoms with Crippen molar-refractivity contribution in [3.63, 3.8) is 0 Å². The number of nitrogens with zero attached hydrogens (tertiary/aromatic N) is 2. The Hall–Kier alpha value is -0.560. The lowest BCUT2D eigenvalue weighted by molar-refractivity contribution is 0.577. The van der Waals surface area contributed by atoms with Gasteiger partial charge in [0, 0.05) is 9.75 Å². The minimum Gasteiger partial charge on any atom is -0.383 e. The molecule has 0 aliphatic carbocycles. The van der Waals surface area contributed by atoms with Crippen LogP contribution in [0.25, 0.3) is 0 Å². The molecule has 0 spiro atoms. The Balaban J connectivity index is 2.41. The molecular weight excluding hydrogens is 333 g/mol. The van der Waals surface area contributed by atoms with Crippen LogP contribution in [0.4, 0.5) is 5.82 Å². The Kier molecular flexibility index (Phi) is 3.25. The molecule has 2 heterocycles. The maximum atomic E-state index is 6.05. The van der Waals surface area contributed by atoms with Crippen molar-refractivity contribution < 1.29 is 0 Å². The topological polar surface area (TPSA) is 43.8 Å². The molecule has 3 nitrogen and oxygen atoms in total. The van der Waals surface area contributed by atoms with E-state index in [4.69, 9.17) is 5.73 Å². The summed E-state index contributed by atoms with van der Waals surface area (Å²) in [6, 6.07) is 4.49. The summed E-state index contributed by atoms with van der Waals surface area (Å²) in [6.45, 7) is 6.23. The highest BCUT2D eigenvalue weighted by molar-refractivity contribution is 14.1. The lowest BCUT2D eigenvalue weighted by atomic mass is 10.3. The summed E-state index contributed by atoms with van der Waals surface area (Å²) in [6.07, 6.45) is 0. The van der Waals surface area contributed by atoms with E-state index in [0.29, 0.717) is 0 Å². The van der Waals surface area contributed by atoms with Crippen molar-refractivity contribution in [2.75, 3.05) is 5.73 Å². The normalized spacial score (nSPS) is 13.0. The van der Waals surface area contributed by atoms with Crippen molar-refractivity contribution in [2.45, 2.75) is 26.8 Å². The number of halogens is 1.